The van der Waals surface area contributed by atoms with Crippen LogP contribution in [0, 0.1) is 0 Å². The highest BCUT2D eigenvalue weighted by Gasteiger charge is 2.25. The van der Waals surface area contributed by atoms with E-state index in [2.05, 4.69) is 13.8 Å². The first kappa shape index (κ1) is 22.2. The predicted octanol–water partition coefficient (Wildman–Crippen LogP) is 2.57. The second-order valence-electron chi connectivity index (χ2n) is 6.21. The summed E-state index contributed by atoms with van der Waals surface area (Å²) in [6.45, 7) is 7.19. The van der Waals surface area contributed by atoms with Gasteiger partial charge in [-0.15, -0.1) is 12.4 Å². The summed E-state index contributed by atoms with van der Waals surface area (Å²) in [5.74, 6) is 0.353. The largest absolute Gasteiger partial charge is 0.343 e. The Kier molecular flexibility index (Phi) is 12.1. The second kappa shape index (κ2) is 12.6. The normalized spacial score (nSPS) is 17.5. The lowest BCUT2D eigenvalue weighted by atomic mass is 10.0. The summed E-state index contributed by atoms with van der Waals surface area (Å²) in [5, 5.41) is 0. The van der Waals surface area contributed by atoms with Crippen molar-refractivity contribution in [2.45, 2.75) is 71.3 Å². The third-order valence-electron chi connectivity index (χ3n) is 4.34. The minimum Gasteiger partial charge on any atom is -0.343 e. The van der Waals surface area contributed by atoms with Gasteiger partial charge in [-0.05, 0) is 38.5 Å². The fourth-order valence-electron chi connectivity index (χ4n) is 3.17. The number of nitrogens with zero attached hydrogens (tertiary/aromatic N) is 2. The molecule has 6 heteroatoms. The summed E-state index contributed by atoms with van der Waals surface area (Å²) < 4.78 is 0. The third-order valence-corrected chi connectivity index (χ3v) is 4.34. The van der Waals surface area contributed by atoms with Crippen LogP contribution >= 0.6 is 12.4 Å². The van der Waals surface area contributed by atoms with Gasteiger partial charge in [0, 0.05) is 45.1 Å². The van der Waals surface area contributed by atoms with Gasteiger partial charge in [-0.2, -0.15) is 0 Å². The summed E-state index contributed by atoms with van der Waals surface area (Å²) in [5.41, 5.74) is 5.76. The van der Waals surface area contributed by atoms with Crippen molar-refractivity contribution in [3.05, 3.63) is 0 Å². The fourth-order valence-corrected chi connectivity index (χ4v) is 3.17. The molecule has 0 saturated carbocycles. The highest BCUT2D eigenvalue weighted by Crippen LogP contribution is 2.18. The van der Waals surface area contributed by atoms with Gasteiger partial charge in [0.1, 0.15) is 0 Å². The van der Waals surface area contributed by atoms with Crippen LogP contribution in [-0.2, 0) is 9.59 Å². The second-order valence-corrected chi connectivity index (χ2v) is 6.21. The van der Waals surface area contributed by atoms with Crippen molar-refractivity contribution in [1.82, 2.24) is 9.80 Å². The van der Waals surface area contributed by atoms with Crippen LogP contribution in [0.5, 0.6) is 0 Å². The lowest BCUT2D eigenvalue weighted by Crippen LogP contribution is -2.47. The molecule has 0 aliphatic carbocycles. The van der Waals surface area contributed by atoms with Gasteiger partial charge in [0.15, 0.2) is 0 Å². The summed E-state index contributed by atoms with van der Waals surface area (Å²) >= 11 is 0. The van der Waals surface area contributed by atoms with Gasteiger partial charge in [0.05, 0.1) is 0 Å². The van der Waals surface area contributed by atoms with Gasteiger partial charge < -0.3 is 15.5 Å². The van der Waals surface area contributed by atoms with E-state index in [1.165, 1.54) is 0 Å². The quantitative estimate of drug-likeness (QED) is 0.697. The van der Waals surface area contributed by atoms with Gasteiger partial charge >= 0.3 is 0 Å². The number of likely N-dealkylation sites (tertiary alicyclic amines) is 1. The SMILES string of the molecule is CCCN(CCC)C(=O)CCCC(=O)N1CCCCC1CN.Cl. The molecule has 1 aliphatic rings. The summed E-state index contributed by atoms with van der Waals surface area (Å²) in [6, 6.07) is 0.202. The molecule has 23 heavy (non-hydrogen) atoms. The molecule has 0 aromatic rings. The lowest BCUT2D eigenvalue weighted by molar-refractivity contribution is -0.135. The average Bonchev–Trinajstić information content (AvgIpc) is 2.54. The lowest BCUT2D eigenvalue weighted by Gasteiger charge is -2.35. The molecule has 1 aliphatic heterocycles. The summed E-state index contributed by atoms with van der Waals surface area (Å²) in [7, 11) is 0. The van der Waals surface area contributed by atoms with Gasteiger partial charge in [-0.25, -0.2) is 0 Å². The molecule has 1 fully saturated rings. The van der Waals surface area contributed by atoms with E-state index in [1.54, 1.807) is 0 Å². The van der Waals surface area contributed by atoms with Crippen LogP contribution < -0.4 is 5.73 Å². The minimum absolute atomic E-state index is 0. The minimum atomic E-state index is 0. The monoisotopic (exact) mass is 347 g/mol. The highest BCUT2D eigenvalue weighted by atomic mass is 35.5. The zero-order valence-corrected chi connectivity index (χ0v) is 15.6. The van der Waals surface area contributed by atoms with Crippen molar-refractivity contribution in [2.75, 3.05) is 26.2 Å². The Balaban J connectivity index is 0.00000484. The maximum absolute atomic E-state index is 12.3. The molecule has 0 radical (unpaired) electrons. The molecule has 0 aromatic heterocycles. The van der Waals surface area contributed by atoms with E-state index in [-0.39, 0.29) is 30.3 Å². The number of piperidine rings is 1. The van der Waals surface area contributed by atoms with Crippen LogP contribution in [0.2, 0.25) is 0 Å². The number of hydrogen-bond acceptors (Lipinski definition) is 3. The molecule has 2 N–H and O–H groups in total. The first-order chi connectivity index (χ1) is 10.6. The van der Waals surface area contributed by atoms with Crippen LogP contribution in [0.15, 0.2) is 0 Å². The highest BCUT2D eigenvalue weighted by molar-refractivity contribution is 5.85. The zero-order chi connectivity index (χ0) is 16.4. The first-order valence-corrected chi connectivity index (χ1v) is 8.91. The number of hydrogen-bond donors (Lipinski definition) is 1. The van der Waals surface area contributed by atoms with Gasteiger partial charge in [0.25, 0.3) is 0 Å². The number of amides is 2. The fraction of sp³-hybridized carbons (Fsp3) is 0.882. The number of carbonyl (C=O) groups excluding carboxylic acids is 2. The Morgan fingerprint density at radius 1 is 1.13 bits per heavy atom. The van der Waals surface area contributed by atoms with E-state index in [1.807, 2.05) is 9.80 Å². The molecule has 0 spiro atoms. The maximum atomic E-state index is 12.3. The van der Waals surface area contributed by atoms with Crippen molar-refractivity contribution >= 4 is 24.2 Å². The summed E-state index contributed by atoms with van der Waals surface area (Å²) in [4.78, 5) is 28.4. The van der Waals surface area contributed by atoms with Gasteiger partial charge in [-0.3, -0.25) is 9.59 Å². The number of carbonyl (C=O) groups is 2. The van der Waals surface area contributed by atoms with Gasteiger partial charge in [-0.1, -0.05) is 13.8 Å². The number of rotatable bonds is 9. The molecule has 1 saturated heterocycles. The third kappa shape index (κ3) is 7.53. The molecule has 1 unspecified atom stereocenters. The molecule has 0 bridgehead atoms. The van der Waals surface area contributed by atoms with E-state index in [0.29, 0.717) is 25.8 Å². The van der Waals surface area contributed by atoms with Crippen molar-refractivity contribution in [3.8, 4) is 0 Å². The van der Waals surface area contributed by atoms with Crippen LogP contribution in [0.25, 0.3) is 0 Å². The van der Waals surface area contributed by atoms with E-state index in [9.17, 15) is 9.59 Å². The Morgan fingerprint density at radius 2 is 1.78 bits per heavy atom. The van der Waals surface area contributed by atoms with Crippen LogP contribution in [0.3, 0.4) is 0 Å². The van der Waals surface area contributed by atoms with E-state index in [0.717, 1.165) is 51.7 Å². The van der Waals surface area contributed by atoms with Crippen molar-refractivity contribution in [1.29, 1.82) is 0 Å². The van der Waals surface area contributed by atoms with Gasteiger partial charge in [0.2, 0.25) is 11.8 Å². The topological polar surface area (TPSA) is 66.6 Å². The van der Waals surface area contributed by atoms with E-state index in [4.69, 9.17) is 5.73 Å². The Labute approximate surface area is 147 Å². The molecule has 2 amide bonds. The first-order valence-electron chi connectivity index (χ1n) is 8.91. The van der Waals surface area contributed by atoms with Crippen molar-refractivity contribution in [3.63, 3.8) is 0 Å². The molecular formula is C17H34ClN3O2. The van der Waals surface area contributed by atoms with Crippen molar-refractivity contribution < 1.29 is 9.59 Å². The molecular weight excluding hydrogens is 314 g/mol. The van der Waals surface area contributed by atoms with Crippen molar-refractivity contribution in [2.24, 2.45) is 5.73 Å². The number of halogens is 1. The molecule has 5 nitrogen and oxygen atoms in total. The zero-order valence-electron chi connectivity index (χ0n) is 14.8. The molecule has 1 atom stereocenters. The molecule has 136 valence electrons. The summed E-state index contributed by atoms with van der Waals surface area (Å²) in [6.07, 6.45) is 6.81. The van der Waals surface area contributed by atoms with Crippen LogP contribution in [-0.4, -0.2) is 53.8 Å². The molecule has 1 rings (SSSR count). The molecule has 1 heterocycles. The smallest absolute Gasteiger partial charge is 0.222 e. The average molecular weight is 348 g/mol. The van der Waals surface area contributed by atoms with Crippen LogP contribution in [0.4, 0.5) is 0 Å². The Hall–Kier alpha value is -0.810. The standard InChI is InChI=1S/C17H33N3O2.ClH/c1-3-11-19(12-4-2)16(21)9-7-10-17(22)20-13-6-5-8-15(20)14-18;/h15H,3-14,18H2,1-2H3;1H. The Morgan fingerprint density at radius 3 is 2.35 bits per heavy atom. The Bertz CT molecular complexity index is 347. The van der Waals surface area contributed by atoms with E-state index < -0.39 is 0 Å². The van der Waals surface area contributed by atoms with Crippen LogP contribution in [0.1, 0.15) is 65.2 Å². The number of nitrogens with two attached hydrogens (primary N) is 1. The predicted molar refractivity (Wildman–Crippen MR) is 96.7 cm³/mol. The van der Waals surface area contributed by atoms with E-state index >= 15 is 0 Å². The molecule has 0 aromatic carbocycles. The maximum Gasteiger partial charge on any atom is 0.222 e.